The first-order valence-electron chi connectivity index (χ1n) is 11.9. The summed E-state index contributed by atoms with van der Waals surface area (Å²) in [5, 5.41) is 21.8. The van der Waals surface area contributed by atoms with E-state index in [1.54, 1.807) is 4.57 Å². The van der Waals surface area contributed by atoms with Crippen LogP contribution in [0.15, 0.2) is 17.1 Å². The predicted octanol–water partition coefficient (Wildman–Crippen LogP) is 3.68. The fourth-order valence-corrected chi connectivity index (χ4v) is 4.89. The Labute approximate surface area is 197 Å². The van der Waals surface area contributed by atoms with Gasteiger partial charge in [-0.15, -0.1) is 0 Å². The monoisotopic (exact) mass is 470 g/mol. The number of fused-ring (bicyclic) bond motifs is 1. The number of halogens is 1. The molecule has 2 fully saturated rings. The van der Waals surface area contributed by atoms with Crippen LogP contribution in [-0.4, -0.2) is 48.4 Å². The molecule has 2 unspecified atom stereocenters. The molecule has 1 saturated carbocycles. The third-order valence-electron chi connectivity index (χ3n) is 6.89. The summed E-state index contributed by atoms with van der Waals surface area (Å²) in [5.41, 5.74) is -0.261. The Morgan fingerprint density at radius 3 is 2.76 bits per heavy atom. The second kappa shape index (κ2) is 10.0. The number of aromatic carboxylic acids is 1. The van der Waals surface area contributed by atoms with Crippen molar-refractivity contribution >= 4 is 22.6 Å². The molecule has 2 aliphatic rings. The number of nitriles is 1. The maximum Gasteiger partial charge on any atom is 0.341 e. The first-order valence-corrected chi connectivity index (χ1v) is 11.9. The number of carboxylic acid groups (broad SMARTS) is 1. The number of nitrogens with one attached hydrogen (secondary N) is 1. The van der Waals surface area contributed by atoms with Crippen molar-refractivity contribution in [3.05, 3.63) is 33.9 Å². The molecule has 0 bridgehead atoms. The van der Waals surface area contributed by atoms with Crippen LogP contribution in [0.1, 0.15) is 61.8 Å². The van der Waals surface area contributed by atoms with Gasteiger partial charge in [0.25, 0.3) is 0 Å². The highest BCUT2D eigenvalue weighted by molar-refractivity contribution is 5.97. The zero-order valence-electron chi connectivity index (χ0n) is 19.6. The first kappa shape index (κ1) is 24.0. The number of anilines is 1. The second-order valence-electron chi connectivity index (χ2n) is 9.41. The van der Waals surface area contributed by atoms with E-state index in [-0.39, 0.29) is 28.8 Å². The highest BCUT2D eigenvalue weighted by atomic mass is 19.1. The van der Waals surface area contributed by atoms with Crippen LogP contribution >= 0.6 is 0 Å². The van der Waals surface area contributed by atoms with Gasteiger partial charge in [0.05, 0.1) is 30.5 Å². The number of rotatable bonds is 8. The van der Waals surface area contributed by atoms with E-state index < -0.39 is 17.2 Å². The van der Waals surface area contributed by atoms with Crippen LogP contribution in [0.4, 0.5) is 10.1 Å². The van der Waals surface area contributed by atoms with Gasteiger partial charge < -0.3 is 24.6 Å². The van der Waals surface area contributed by atoms with Gasteiger partial charge in [0, 0.05) is 31.4 Å². The summed E-state index contributed by atoms with van der Waals surface area (Å²) in [6.45, 7) is 4.10. The van der Waals surface area contributed by atoms with Crippen LogP contribution in [0.25, 0.3) is 10.9 Å². The molecule has 9 heteroatoms. The van der Waals surface area contributed by atoms with E-state index in [2.05, 4.69) is 11.4 Å². The Morgan fingerprint density at radius 2 is 2.12 bits per heavy atom. The minimum absolute atomic E-state index is 0.0354. The molecule has 0 amide bonds. The van der Waals surface area contributed by atoms with Gasteiger partial charge in [0.1, 0.15) is 11.3 Å². The largest absolute Gasteiger partial charge is 0.492 e. The smallest absolute Gasteiger partial charge is 0.341 e. The Bertz CT molecular complexity index is 1180. The van der Waals surface area contributed by atoms with Gasteiger partial charge in [-0.2, -0.15) is 5.26 Å². The zero-order valence-corrected chi connectivity index (χ0v) is 19.6. The number of pyridine rings is 1. The lowest BCUT2D eigenvalue weighted by Gasteiger charge is -2.27. The number of nitrogens with zero attached hydrogens (tertiary/aromatic N) is 3. The molecule has 182 valence electrons. The number of ether oxygens (including phenoxy) is 1. The number of benzene rings is 1. The van der Waals surface area contributed by atoms with Gasteiger partial charge in [-0.05, 0) is 57.6 Å². The second-order valence-corrected chi connectivity index (χ2v) is 9.41. The molecule has 1 aromatic carbocycles. The van der Waals surface area contributed by atoms with E-state index in [1.165, 1.54) is 19.4 Å². The zero-order chi connectivity index (χ0) is 24.4. The Morgan fingerprint density at radius 1 is 1.35 bits per heavy atom. The minimum atomic E-state index is -1.32. The molecule has 2 aromatic rings. The normalized spacial score (nSPS) is 19.5. The molecule has 2 heterocycles. The van der Waals surface area contributed by atoms with Crippen molar-refractivity contribution in [1.82, 2.24) is 9.88 Å². The lowest BCUT2D eigenvalue weighted by Crippen LogP contribution is -2.32. The summed E-state index contributed by atoms with van der Waals surface area (Å²) < 4.78 is 23.0. The summed E-state index contributed by atoms with van der Waals surface area (Å²) in [5.74, 6) is -1.19. The third-order valence-corrected chi connectivity index (χ3v) is 6.89. The Kier molecular flexibility index (Phi) is 7.08. The van der Waals surface area contributed by atoms with Crippen molar-refractivity contribution in [2.45, 2.75) is 57.5 Å². The Hall–Kier alpha value is -3.12. The third kappa shape index (κ3) is 4.73. The summed E-state index contributed by atoms with van der Waals surface area (Å²) in [6, 6.07) is 3.56. The molecule has 2 N–H and O–H groups in total. The quantitative estimate of drug-likeness (QED) is 0.606. The summed E-state index contributed by atoms with van der Waals surface area (Å²) in [7, 11) is 1.46. The van der Waals surface area contributed by atoms with Crippen molar-refractivity contribution in [2.75, 3.05) is 31.6 Å². The van der Waals surface area contributed by atoms with E-state index >= 15 is 4.39 Å². The van der Waals surface area contributed by atoms with E-state index in [0.717, 1.165) is 38.6 Å². The highest BCUT2D eigenvalue weighted by Crippen LogP contribution is 2.44. The lowest BCUT2D eigenvalue weighted by atomic mass is 10.0. The molecule has 2 atom stereocenters. The minimum Gasteiger partial charge on any atom is -0.492 e. The number of hydrogen-bond acceptors (Lipinski definition) is 6. The van der Waals surface area contributed by atoms with Crippen molar-refractivity contribution in [2.24, 2.45) is 5.92 Å². The van der Waals surface area contributed by atoms with Crippen molar-refractivity contribution in [3.63, 3.8) is 0 Å². The van der Waals surface area contributed by atoms with Gasteiger partial charge in [-0.25, -0.2) is 9.18 Å². The van der Waals surface area contributed by atoms with Crippen LogP contribution < -0.4 is 20.4 Å². The van der Waals surface area contributed by atoms with Gasteiger partial charge in [0.2, 0.25) is 5.43 Å². The molecule has 0 radical (unpaired) electrons. The topological polar surface area (TPSA) is 108 Å². The molecule has 4 rings (SSSR count). The van der Waals surface area contributed by atoms with Crippen LogP contribution in [0.5, 0.6) is 5.75 Å². The van der Waals surface area contributed by atoms with Gasteiger partial charge in [0.15, 0.2) is 11.6 Å². The van der Waals surface area contributed by atoms with Crippen molar-refractivity contribution in [3.8, 4) is 11.8 Å². The van der Waals surface area contributed by atoms with Gasteiger partial charge >= 0.3 is 5.97 Å². The van der Waals surface area contributed by atoms with Crippen molar-refractivity contribution < 1.29 is 19.0 Å². The maximum atomic E-state index is 15.5. The lowest BCUT2D eigenvalue weighted by molar-refractivity contribution is 0.0694. The van der Waals surface area contributed by atoms with Crippen LogP contribution in [0, 0.1) is 23.1 Å². The fraction of sp³-hybridized carbons (Fsp3) is 0.560. The molecule has 1 aliphatic carbocycles. The molecule has 1 aromatic heterocycles. The van der Waals surface area contributed by atoms with Gasteiger partial charge in [-0.3, -0.25) is 4.79 Å². The van der Waals surface area contributed by atoms with Crippen LogP contribution in [0.2, 0.25) is 0 Å². The van der Waals surface area contributed by atoms with E-state index in [4.69, 9.17) is 10.00 Å². The number of hydrogen-bond donors (Lipinski definition) is 2. The number of aromatic nitrogens is 1. The van der Waals surface area contributed by atoms with E-state index in [9.17, 15) is 14.7 Å². The van der Waals surface area contributed by atoms with E-state index in [1.807, 2.05) is 11.8 Å². The summed E-state index contributed by atoms with van der Waals surface area (Å²) in [4.78, 5) is 26.5. The number of carboxylic acids is 1. The maximum absolute atomic E-state index is 15.5. The summed E-state index contributed by atoms with van der Waals surface area (Å²) >= 11 is 0. The fourth-order valence-electron chi connectivity index (χ4n) is 4.89. The number of carbonyl (C=O) groups is 1. The first-order chi connectivity index (χ1) is 16.3. The van der Waals surface area contributed by atoms with E-state index in [0.29, 0.717) is 36.6 Å². The molecule has 0 spiro atoms. The molecule has 8 nitrogen and oxygen atoms in total. The summed E-state index contributed by atoms with van der Waals surface area (Å²) in [6.07, 6.45) is 6.32. The number of methoxy groups -OCH3 is 1. The molecule has 34 heavy (non-hydrogen) atoms. The average molecular weight is 471 g/mol. The molecular weight excluding hydrogens is 439 g/mol. The van der Waals surface area contributed by atoms with Crippen LogP contribution in [0.3, 0.4) is 0 Å². The Balaban J connectivity index is 1.69. The molecular formula is C25H31FN4O4. The van der Waals surface area contributed by atoms with Crippen molar-refractivity contribution in [1.29, 1.82) is 5.26 Å². The highest BCUT2D eigenvalue weighted by Gasteiger charge is 2.31. The average Bonchev–Trinajstić information content (AvgIpc) is 3.65. The standard InChI is InChI=1S/C25H31FN4O4/c1-15(7-9-27)28-13-16-4-3-10-29(11-8-16)22-20(26)12-18-21(24(22)34-2)30(17-5-6-17)14-19(23(18)31)25(32)33/h12,14-17,28H,3-8,10-11,13H2,1-2H3,(H,32,33). The predicted molar refractivity (Wildman–Crippen MR) is 127 cm³/mol. The van der Waals surface area contributed by atoms with Crippen LogP contribution in [-0.2, 0) is 0 Å². The SMILES string of the molecule is COc1c(N2CCCC(CNC(C)CC#N)CC2)c(F)cc2c(=O)c(C(=O)O)cn(C3CC3)c12. The molecule has 1 aliphatic heterocycles. The molecule has 1 saturated heterocycles. The van der Waals surface area contributed by atoms with Gasteiger partial charge in [-0.1, -0.05) is 0 Å².